The van der Waals surface area contributed by atoms with Crippen LogP contribution in [0.25, 0.3) is 10.1 Å². The summed E-state index contributed by atoms with van der Waals surface area (Å²) in [5.41, 5.74) is 5.37. The van der Waals surface area contributed by atoms with Gasteiger partial charge in [-0.05, 0) is 41.8 Å². The van der Waals surface area contributed by atoms with Gasteiger partial charge < -0.3 is 35.0 Å². The first-order valence-electron chi connectivity index (χ1n) is 12.7. The maximum absolute atomic E-state index is 13.8. The Kier molecular flexibility index (Phi) is 10.4. The molecule has 0 aliphatic carbocycles. The molecule has 4 rings (SSSR count). The van der Waals surface area contributed by atoms with Crippen molar-refractivity contribution in [3.8, 4) is 29.1 Å². The average Bonchev–Trinajstić information content (AvgIpc) is 3.41. The predicted molar refractivity (Wildman–Crippen MR) is 159 cm³/mol. The van der Waals surface area contributed by atoms with Crippen molar-refractivity contribution in [2.24, 2.45) is 5.73 Å². The molecule has 0 saturated heterocycles. The van der Waals surface area contributed by atoms with Crippen LogP contribution >= 0.6 is 18.9 Å². The second-order valence-electron chi connectivity index (χ2n) is 8.95. The Hall–Kier alpha value is -4.23. The van der Waals surface area contributed by atoms with Crippen LogP contribution in [0.2, 0.25) is 0 Å². The molecule has 44 heavy (non-hydrogen) atoms. The van der Waals surface area contributed by atoms with E-state index in [9.17, 15) is 32.2 Å². The molecular weight excluding hydrogens is 638 g/mol. The highest BCUT2D eigenvalue weighted by Gasteiger charge is 2.27. The molecule has 1 unspecified atom stereocenters. The number of fused-ring (bicyclic) bond motifs is 1. The topological polar surface area (TPSA) is 210 Å². The Balaban J connectivity index is 1.44. The molecule has 3 aromatic carbocycles. The number of nitrogens with two attached hydrogens (primary N) is 1. The van der Waals surface area contributed by atoms with E-state index in [1.807, 2.05) is 4.72 Å². The second kappa shape index (κ2) is 14.0. The van der Waals surface area contributed by atoms with Gasteiger partial charge in [-0.1, -0.05) is 12.1 Å². The van der Waals surface area contributed by atoms with E-state index < -0.39 is 35.6 Å². The summed E-state index contributed by atoms with van der Waals surface area (Å²) in [5, 5.41) is 21.7. The number of nitrogens with one attached hydrogen (secondary N) is 2. The maximum Gasteiger partial charge on any atom is 0.391 e. The highest BCUT2D eigenvalue weighted by molar-refractivity contribution is 7.92. The van der Waals surface area contributed by atoms with Crippen molar-refractivity contribution in [2.75, 3.05) is 32.6 Å². The lowest BCUT2D eigenvalue weighted by atomic mass is 10.2. The summed E-state index contributed by atoms with van der Waals surface area (Å²) < 4.78 is 70.9. The van der Waals surface area contributed by atoms with Crippen LogP contribution in [0, 0.1) is 17.1 Å². The van der Waals surface area contributed by atoms with Crippen molar-refractivity contribution in [1.82, 2.24) is 10.0 Å². The first-order chi connectivity index (χ1) is 20.9. The summed E-state index contributed by atoms with van der Waals surface area (Å²) in [6.45, 7) is 0.419. The quantitative estimate of drug-likeness (QED) is 0.0975. The lowest BCUT2D eigenvalue weighted by molar-refractivity contribution is 0.0944. The van der Waals surface area contributed by atoms with Crippen molar-refractivity contribution in [2.45, 2.75) is 4.21 Å². The number of hydrogen-bond donors (Lipinski definition) is 5. The number of ether oxygens (including phenoxy) is 2. The number of amides is 1. The van der Waals surface area contributed by atoms with Crippen LogP contribution in [-0.2, 0) is 14.6 Å². The van der Waals surface area contributed by atoms with E-state index in [-0.39, 0.29) is 64.6 Å². The first-order valence-corrected chi connectivity index (χ1v) is 16.8. The molecule has 1 aromatic heterocycles. The third-order valence-electron chi connectivity index (χ3n) is 5.76. The molecular formula is C27H26FN4O9PS2. The SMILES string of the molecule is N#Cc1ccc(OP(=O)(O)CNS(=O)(=O)c2cc3cc(OCCNC(=O)c4ccccc4O)c(OCCN)cc3s2)cc1F. The van der Waals surface area contributed by atoms with E-state index in [0.717, 1.165) is 29.5 Å². The molecule has 0 radical (unpaired) electrons. The molecule has 1 heterocycles. The first kappa shape index (κ1) is 32.7. The number of halogens is 1. The van der Waals surface area contributed by atoms with Crippen LogP contribution in [0.15, 0.2) is 64.9 Å². The number of para-hydroxylation sites is 1. The van der Waals surface area contributed by atoms with Crippen molar-refractivity contribution in [3.63, 3.8) is 0 Å². The molecule has 232 valence electrons. The number of carbonyl (C=O) groups is 1. The Morgan fingerprint density at radius 3 is 2.52 bits per heavy atom. The summed E-state index contributed by atoms with van der Waals surface area (Å²) in [6, 6.07) is 15.0. The zero-order valence-corrected chi connectivity index (χ0v) is 25.3. The number of phenolic OH excluding ortho intramolecular Hbond substituents is 1. The molecule has 0 aliphatic rings. The van der Waals surface area contributed by atoms with Gasteiger partial charge in [-0.25, -0.2) is 17.4 Å². The normalized spacial score (nSPS) is 12.7. The second-order valence-corrected chi connectivity index (χ2v) is 13.8. The molecule has 6 N–H and O–H groups in total. The summed E-state index contributed by atoms with van der Waals surface area (Å²) in [5.74, 6) is -1.46. The number of phenols is 1. The number of aromatic hydroxyl groups is 1. The number of thiophene rings is 1. The number of nitrogens with zero attached hydrogens (tertiary/aromatic N) is 1. The number of nitriles is 1. The third kappa shape index (κ3) is 8.23. The molecule has 13 nitrogen and oxygen atoms in total. The third-order valence-corrected chi connectivity index (χ3v) is 10.00. The Morgan fingerprint density at radius 1 is 1.09 bits per heavy atom. The molecule has 0 aliphatic heterocycles. The molecule has 0 bridgehead atoms. The zero-order chi connectivity index (χ0) is 31.9. The smallest absolute Gasteiger partial charge is 0.391 e. The molecule has 0 saturated carbocycles. The van der Waals surface area contributed by atoms with E-state index in [0.29, 0.717) is 10.1 Å². The maximum atomic E-state index is 13.8. The lowest BCUT2D eigenvalue weighted by Gasteiger charge is -2.14. The van der Waals surface area contributed by atoms with Crippen molar-refractivity contribution in [1.29, 1.82) is 5.26 Å². The van der Waals surface area contributed by atoms with Gasteiger partial charge >= 0.3 is 7.60 Å². The summed E-state index contributed by atoms with van der Waals surface area (Å²) in [4.78, 5) is 22.5. The summed E-state index contributed by atoms with van der Waals surface area (Å²) >= 11 is 0.862. The van der Waals surface area contributed by atoms with Gasteiger partial charge in [0.15, 0.2) is 11.5 Å². The fraction of sp³-hybridized carbons (Fsp3) is 0.185. The van der Waals surface area contributed by atoms with E-state index in [2.05, 4.69) is 5.32 Å². The van der Waals surface area contributed by atoms with E-state index in [1.54, 1.807) is 30.3 Å². The number of carbonyl (C=O) groups excluding carboxylic acids is 1. The Bertz CT molecular complexity index is 1880. The standard InChI is InChI=1S/C27H26FN4O9PS2/c28-21-13-19(6-5-17(21)15-30)41-42(35,36)16-32-44(37,38)26-12-18-11-23(24(39-9-7-29)14-25(18)43-26)40-10-8-31-27(34)20-3-1-2-4-22(20)33/h1-6,11-14,32-33H,7-10,16,29H2,(H,31,34)(H,35,36). The fourth-order valence-corrected chi connectivity index (χ4v) is 7.67. The van der Waals surface area contributed by atoms with E-state index in [4.69, 9.17) is 25.0 Å². The minimum atomic E-state index is -4.61. The minimum absolute atomic E-state index is 0.00952. The molecule has 0 fully saturated rings. The fourth-order valence-electron chi connectivity index (χ4n) is 3.71. The van der Waals surface area contributed by atoms with Gasteiger partial charge in [0.05, 0.1) is 17.7 Å². The van der Waals surface area contributed by atoms with Gasteiger partial charge in [0, 0.05) is 23.4 Å². The van der Waals surface area contributed by atoms with Crippen molar-refractivity contribution >= 4 is 44.9 Å². The van der Waals surface area contributed by atoms with Gasteiger partial charge in [0.1, 0.15) is 47.1 Å². The van der Waals surface area contributed by atoms with Crippen LogP contribution in [0.1, 0.15) is 15.9 Å². The molecule has 4 aromatic rings. The van der Waals surface area contributed by atoms with Gasteiger partial charge in [0.2, 0.25) is 0 Å². The number of benzene rings is 3. The predicted octanol–water partition coefficient (Wildman–Crippen LogP) is 3.26. The molecule has 0 spiro atoms. The summed E-state index contributed by atoms with van der Waals surface area (Å²) in [7, 11) is -8.91. The van der Waals surface area contributed by atoms with Crippen molar-refractivity contribution in [3.05, 3.63) is 77.6 Å². The van der Waals surface area contributed by atoms with Crippen molar-refractivity contribution < 1.29 is 46.2 Å². The molecule has 1 atom stereocenters. The number of sulfonamides is 1. The van der Waals surface area contributed by atoms with Crippen LogP contribution < -0.4 is 29.8 Å². The highest BCUT2D eigenvalue weighted by Crippen LogP contribution is 2.43. The largest absolute Gasteiger partial charge is 0.507 e. The number of hydrogen-bond acceptors (Lipinski definition) is 11. The number of rotatable bonds is 14. The van der Waals surface area contributed by atoms with Crippen LogP contribution in [0.4, 0.5) is 4.39 Å². The van der Waals surface area contributed by atoms with Crippen LogP contribution in [-0.4, -0.2) is 56.9 Å². The Morgan fingerprint density at radius 2 is 1.82 bits per heavy atom. The van der Waals surface area contributed by atoms with Crippen LogP contribution in [0.3, 0.4) is 0 Å². The van der Waals surface area contributed by atoms with Crippen LogP contribution in [0.5, 0.6) is 23.0 Å². The van der Waals surface area contributed by atoms with Gasteiger partial charge in [-0.15, -0.1) is 11.3 Å². The van der Waals surface area contributed by atoms with Gasteiger partial charge in [-0.2, -0.15) is 9.98 Å². The summed E-state index contributed by atoms with van der Waals surface area (Å²) in [6.07, 6.45) is -1.02. The molecule has 1 amide bonds. The molecule has 17 heteroatoms. The zero-order valence-electron chi connectivity index (χ0n) is 22.7. The lowest BCUT2D eigenvalue weighted by Crippen LogP contribution is -2.28. The monoisotopic (exact) mass is 664 g/mol. The van der Waals surface area contributed by atoms with Gasteiger partial charge in [0.25, 0.3) is 15.9 Å². The highest BCUT2D eigenvalue weighted by atomic mass is 32.2. The van der Waals surface area contributed by atoms with E-state index >= 15 is 0 Å². The average molecular weight is 665 g/mol. The van der Waals surface area contributed by atoms with E-state index in [1.165, 1.54) is 18.2 Å². The van der Waals surface area contributed by atoms with Gasteiger partial charge in [-0.3, -0.25) is 4.79 Å². The minimum Gasteiger partial charge on any atom is -0.507 e. The Labute approximate surface area is 255 Å².